The first-order valence-electron chi connectivity index (χ1n) is 8.29. The molecule has 1 amide bonds. The fourth-order valence-corrected chi connectivity index (χ4v) is 2.88. The predicted molar refractivity (Wildman–Crippen MR) is 89.0 cm³/mol. The van der Waals surface area contributed by atoms with Gasteiger partial charge >= 0.3 is 0 Å². The molecule has 0 spiro atoms. The molecule has 1 aromatic carbocycles. The van der Waals surface area contributed by atoms with E-state index in [1.54, 1.807) is 0 Å². The second-order valence-electron chi connectivity index (χ2n) is 6.31. The highest BCUT2D eigenvalue weighted by molar-refractivity contribution is 5.81. The van der Waals surface area contributed by atoms with E-state index in [2.05, 4.69) is 39.0 Å². The normalized spacial score (nSPS) is 17.4. The molecule has 1 fully saturated rings. The fourth-order valence-electron chi connectivity index (χ4n) is 2.88. The van der Waals surface area contributed by atoms with Crippen LogP contribution in [-0.4, -0.2) is 36.0 Å². The van der Waals surface area contributed by atoms with Gasteiger partial charge in [-0.05, 0) is 37.5 Å². The van der Waals surface area contributed by atoms with Crippen molar-refractivity contribution in [1.29, 1.82) is 0 Å². The smallest absolute Gasteiger partial charge is 0.239 e. The number of aryl methyl sites for hydroxylation is 2. The van der Waals surface area contributed by atoms with Gasteiger partial charge in [-0.25, -0.2) is 0 Å². The number of nitrogens with zero attached hydrogens (tertiary/aromatic N) is 1. The maximum absolute atomic E-state index is 12.2. The summed E-state index contributed by atoms with van der Waals surface area (Å²) in [5.74, 6) is 1.06. The number of hydrogen-bond acceptors (Lipinski definition) is 3. The van der Waals surface area contributed by atoms with E-state index >= 15 is 0 Å². The molecule has 122 valence electrons. The first-order chi connectivity index (χ1) is 10.5. The molecule has 0 aromatic heterocycles. The van der Waals surface area contributed by atoms with E-state index in [9.17, 15) is 4.79 Å². The lowest BCUT2D eigenvalue weighted by Crippen LogP contribution is -2.48. The molecule has 1 aliphatic rings. The molecule has 4 nitrogen and oxygen atoms in total. The summed E-state index contributed by atoms with van der Waals surface area (Å²) < 4.78 is 6.13. The molecule has 4 heteroatoms. The highest BCUT2D eigenvalue weighted by Gasteiger charge is 2.26. The molecule has 1 aliphatic heterocycles. The second-order valence-corrected chi connectivity index (χ2v) is 6.31. The van der Waals surface area contributed by atoms with E-state index in [0.29, 0.717) is 0 Å². The van der Waals surface area contributed by atoms with Gasteiger partial charge in [0.1, 0.15) is 11.9 Å². The molecule has 22 heavy (non-hydrogen) atoms. The summed E-state index contributed by atoms with van der Waals surface area (Å²) in [4.78, 5) is 14.1. The number of benzene rings is 1. The van der Waals surface area contributed by atoms with Crippen molar-refractivity contribution in [1.82, 2.24) is 4.90 Å². The van der Waals surface area contributed by atoms with Gasteiger partial charge in [0.05, 0.1) is 6.04 Å². The van der Waals surface area contributed by atoms with Gasteiger partial charge in [-0.15, -0.1) is 0 Å². The van der Waals surface area contributed by atoms with Crippen LogP contribution in [0, 0.1) is 13.8 Å². The van der Waals surface area contributed by atoms with Crippen molar-refractivity contribution in [2.24, 2.45) is 5.73 Å². The highest BCUT2D eigenvalue weighted by Crippen LogP contribution is 2.24. The number of rotatable bonds is 5. The molecule has 1 atom stereocenters. The van der Waals surface area contributed by atoms with Crippen LogP contribution in [0.15, 0.2) is 18.2 Å². The van der Waals surface area contributed by atoms with Gasteiger partial charge in [-0.1, -0.05) is 25.5 Å². The first kappa shape index (κ1) is 16.8. The van der Waals surface area contributed by atoms with Crippen molar-refractivity contribution in [3.05, 3.63) is 29.3 Å². The Hall–Kier alpha value is -1.55. The zero-order chi connectivity index (χ0) is 16.1. The number of amides is 1. The van der Waals surface area contributed by atoms with E-state index in [4.69, 9.17) is 10.5 Å². The topological polar surface area (TPSA) is 55.6 Å². The Labute approximate surface area is 133 Å². The lowest BCUT2D eigenvalue weighted by molar-refractivity contribution is -0.134. The van der Waals surface area contributed by atoms with Crippen molar-refractivity contribution in [2.75, 3.05) is 13.1 Å². The molecular weight excluding hydrogens is 276 g/mol. The van der Waals surface area contributed by atoms with Crippen LogP contribution in [-0.2, 0) is 4.79 Å². The summed E-state index contributed by atoms with van der Waals surface area (Å²) in [5, 5.41) is 0. The van der Waals surface area contributed by atoms with Crippen LogP contribution in [0.25, 0.3) is 0 Å². The number of hydrogen-bond donors (Lipinski definition) is 1. The van der Waals surface area contributed by atoms with Gasteiger partial charge in [-0.2, -0.15) is 0 Å². The van der Waals surface area contributed by atoms with Crippen molar-refractivity contribution in [2.45, 2.75) is 58.6 Å². The summed E-state index contributed by atoms with van der Waals surface area (Å²) in [6.45, 7) is 7.68. The number of carbonyl (C=O) groups excluding carboxylic acids is 1. The van der Waals surface area contributed by atoms with E-state index < -0.39 is 0 Å². The third-order valence-electron chi connectivity index (χ3n) is 4.31. The monoisotopic (exact) mass is 304 g/mol. The Morgan fingerprint density at radius 1 is 1.36 bits per heavy atom. The molecule has 1 saturated heterocycles. The van der Waals surface area contributed by atoms with E-state index in [0.717, 1.165) is 50.1 Å². The van der Waals surface area contributed by atoms with Crippen LogP contribution in [0.2, 0.25) is 0 Å². The maximum atomic E-state index is 12.2. The number of ether oxygens (including phenoxy) is 1. The Morgan fingerprint density at radius 2 is 2.05 bits per heavy atom. The summed E-state index contributed by atoms with van der Waals surface area (Å²) >= 11 is 0. The minimum Gasteiger partial charge on any atom is -0.490 e. The van der Waals surface area contributed by atoms with Gasteiger partial charge in [0.2, 0.25) is 5.91 Å². The highest BCUT2D eigenvalue weighted by atomic mass is 16.5. The molecular formula is C18H28N2O2. The van der Waals surface area contributed by atoms with Crippen LogP contribution in [0.4, 0.5) is 0 Å². The van der Waals surface area contributed by atoms with Gasteiger partial charge in [0, 0.05) is 25.9 Å². The van der Waals surface area contributed by atoms with Crippen molar-refractivity contribution >= 4 is 5.91 Å². The maximum Gasteiger partial charge on any atom is 0.239 e. The lowest BCUT2D eigenvalue weighted by Gasteiger charge is -2.34. The summed E-state index contributed by atoms with van der Waals surface area (Å²) in [7, 11) is 0. The number of likely N-dealkylation sites (tertiary alicyclic amines) is 1. The summed E-state index contributed by atoms with van der Waals surface area (Å²) in [6.07, 6.45) is 3.64. The average molecular weight is 304 g/mol. The standard InChI is InChI=1S/C18H28N2O2/c1-4-5-16(19)18(21)20-10-8-15(9-11-20)22-17-12-13(2)6-7-14(17)3/h6-7,12,15-16H,4-5,8-11,19H2,1-3H3. The van der Waals surface area contributed by atoms with Gasteiger partial charge in [-0.3, -0.25) is 4.79 Å². The molecule has 2 rings (SSSR count). The minimum absolute atomic E-state index is 0.0898. The largest absolute Gasteiger partial charge is 0.490 e. The minimum atomic E-state index is -0.346. The van der Waals surface area contributed by atoms with E-state index in [-0.39, 0.29) is 18.1 Å². The molecule has 0 radical (unpaired) electrons. The Bertz CT molecular complexity index is 508. The molecule has 0 bridgehead atoms. The van der Waals surface area contributed by atoms with Crippen molar-refractivity contribution in [3.8, 4) is 5.75 Å². The zero-order valence-corrected chi connectivity index (χ0v) is 14.0. The Balaban J connectivity index is 1.87. The molecule has 2 N–H and O–H groups in total. The fraction of sp³-hybridized carbons (Fsp3) is 0.611. The van der Waals surface area contributed by atoms with E-state index in [1.165, 1.54) is 5.56 Å². The SMILES string of the molecule is CCCC(N)C(=O)N1CCC(Oc2cc(C)ccc2C)CC1. The summed E-state index contributed by atoms with van der Waals surface area (Å²) in [5.41, 5.74) is 8.30. The summed E-state index contributed by atoms with van der Waals surface area (Å²) in [6, 6.07) is 5.93. The van der Waals surface area contributed by atoms with Crippen LogP contribution < -0.4 is 10.5 Å². The van der Waals surface area contributed by atoms with E-state index in [1.807, 2.05) is 4.90 Å². The predicted octanol–water partition coefficient (Wildman–Crippen LogP) is 2.80. The first-order valence-corrected chi connectivity index (χ1v) is 8.29. The number of nitrogens with two attached hydrogens (primary N) is 1. The lowest BCUT2D eigenvalue weighted by atomic mass is 10.0. The number of carbonyl (C=O) groups is 1. The van der Waals surface area contributed by atoms with Crippen LogP contribution in [0.5, 0.6) is 5.75 Å². The van der Waals surface area contributed by atoms with Crippen LogP contribution in [0.1, 0.15) is 43.7 Å². The van der Waals surface area contributed by atoms with Gasteiger partial charge in [0.25, 0.3) is 0 Å². The molecule has 0 saturated carbocycles. The van der Waals surface area contributed by atoms with Crippen molar-refractivity contribution in [3.63, 3.8) is 0 Å². The van der Waals surface area contributed by atoms with Gasteiger partial charge < -0.3 is 15.4 Å². The third kappa shape index (κ3) is 4.23. The average Bonchev–Trinajstić information content (AvgIpc) is 2.51. The Kier molecular flexibility index (Phi) is 5.83. The number of piperidine rings is 1. The van der Waals surface area contributed by atoms with Crippen molar-refractivity contribution < 1.29 is 9.53 Å². The molecule has 0 aliphatic carbocycles. The zero-order valence-electron chi connectivity index (χ0n) is 14.0. The van der Waals surface area contributed by atoms with Crippen LogP contribution >= 0.6 is 0 Å². The van der Waals surface area contributed by atoms with Crippen LogP contribution in [0.3, 0.4) is 0 Å². The van der Waals surface area contributed by atoms with Gasteiger partial charge in [0.15, 0.2) is 0 Å². The molecule has 1 aromatic rings. The molecule has 1 heterocycles. The Morgan fingerprint density at radius 3 is 2.68 bits per heavy atom. The molecule has 1 unspecified atom stereocenters. The third-order valence-corrected chi connectivity index (χ3v) is 4.31. The second kappa shape index (κ2) is 7.63. The quantitative estimate of drug-likeness (QED) is 0.910.